The van der Waals surface area contributed by atoms with Crippen LogP contribution in [-0.4, -0.2) is 49.3 Å². The molecule has 2 amide bonds. The number of carbonyl (C=O) groups excluding carboxylic acids is 1. The van der Waals surface area contributed by atoms with E-state index in [0.717, 1.165) is 0 Å². The second-order valence-electron chi connectivity index (χ2n) is 5.34. The van der Waals surface area contributed by atoms with Crippen LogP contribution in [0, 0.1) is 11.8 Å². The molecule has 6 heteroatoms. The van der Waals surface area contributed by atoms with Crippen LogP contribution in [0.2, 0.25) is 0 Å². The number of likely N-dealkylation sites (tertiary alicyclic amines) is 1. The van der Waals surface area contributed by atoms with Crippen molar-refractivity contribution in [2.75, 3.05) is 32.1 Å². The number of aliphatic carboxylic acids is 1. The molecule has 2 atom stereocenters. The highest BCUT2D eigenvalue weighted by atomic mass is 16.5. The molecule has 1 fully saturated rings. The molecule has 1 saturated heterocycles. The van der Waals surface area contributed by atoms with E-state index < -0.39 is 11.9 Å². The lowest BCUT2D eigenvalue weighted by molar-refractivity contribution is -0.142. The van der Waals surface area contributed by atoms with Gasteiger partial charge in [-0.1, -0.05) is 19.1 Å². The zero-order valence-corrected chi connectivity index (χ0v) is 12.4. The Morgan fingerprint density at radius 1 is 1.33 bits per heavy atom. The van der Waals surface area contributed by atoms with Gasteiger partial charge >= 0.3 is 12.0 Å². The first kappa shape index (κ1) is 15.2. The third kappa shape index (κ3) is 2.94. The summed E-state index contributed by atoms with van der Waals surface area (Å²) in [6.45, 7) is 2.55. The van der Waals surface area contributed by atoms with E-state index in [-0.39, 0.29) is 18.5 Å². The van der Waals surface area contributed by atoms with Gasteiger partial charge in [0.1, 0.15) is 5.75 Å². The molecule has 0 spiro atoms. The molecule has 114 valence electrons. The number of anilines is 1. The second kappa shape index (κ2) is 6.03. The Labute approximate surface area is 123 Å². The largest absolute Gasteiger partial charge is 0.495 e. The third-order valence-corrected chi connectivity index (χ3v) is 3.93. The number of carboxylic acid groups (broad SMARTS) is 1. The molecule has 0 radical (unpaired) electrons. The number of para-hydroxylation sites is 2. The molecule has 1 aromatic rings. The lowest BCUT2D eigenvalue weighted by Crippen LogP contribution is -2.40. The lowest BCUT2D eigenvalue weighted by Gasteiger charge is -2.25. The minimum Gasteiger partial charge on any atom is -0.495 e. The first-order chi connectivity index (χ1) is 9.95. The molecule has 0 bridgehead atoms. The Morgan fingerprint density at radius 3 is 2.57 bits per heavy atom. The highest BCUT2D eigenvalue weighted by molar-refractivity contribution is 5.93. The number of rotatable bonds is 3. The fourth-order valence-electron chi connectivity index (χ4n) is 2.67. The quantitative estimate of drug-likeness (QED) is 0.923. The van der Waals surface area contributed by atoms with E-state index in [0.29, 0.717) is 18.0 Å². The van der Waals surface area contributed by atoms with Gasteiger partial charge in [-0.25, -0.2) is 4.79 Å². The van der Waals surface area contributed by atoms with E-state index in [2.05, 4.69) is 0 Å². The van der Waals surface area contributed by atoms with Crippen molar-refractivity contribution in [3.8, 4) is 5.75 Å². The Morgan fingerprint density at radius 2 is 2.00 bits per heavy atom. The Kier molecular flexibility index (Phi) is 4.35. The summed E-state index contributed by atoms with van der Waals surface area (Å²) in [5.41, 5.74) is 0.663. The van der Waals surface area contributed by atoms with Gasteiger partial charge in [-0.05, 0) is 18.1 Å². The summed E-state index contributed by atoms with van der Waals surface area (Å²) in [7, 11) is 3.22. The van der Waals surface area contributed by atoms with Crippen molar-refractivity contribution in [1.82, 2.24) is 4.90 Å². The van der Waals surface area contributed by atoms with Gasteiger partial charge in [0.2, 0.25) is 0 Å². The van der Waals surface area contributed by atoms with Crippen molar-refractivity contribution in [1.29, 1.82) is 0 Å². The molecule has 1 aliphatic rings. The second-order valence-corrected chi connectivity index (χ2v) is 5.34. The summed E-state index contributed by atoms with van der Waals surface area (Å²) in [6, 6.07) is 7.03. The summed E-state index contributed by atoms with van der Waals surface area (Å²) < 4.78 is 5.25. The molecule has 0 aliphatic carbocycles. The lowest BCUT2D eigenvalue weighted by atomic mass is 9.99. The van der Waals surface area contributed by atoms with Gasteiger partial charge in [0.25, 0.3) is 0 Å². The minimum atomic E-state index is -0.849. The molecule has 21 heavy (non-hydrogen) atoms. The van der Waals surface area contributed by atoms with Crippen LogP contribution < -0.4 is 9.64 Å². The maximum Gasteiger partial charge on any atom is 0.324 e. The number of ether oxygens (including phenoxy) is 1. The van der Waals surface area contributed by atoms with Gasteiger partial charge in [0, 0.05) is 20.1 Å². The standard InChI is InChI=1S/C15H20N2O4/c1-10-8-17(9-11(10)14(18)19)15(20)16(2)12-6-4-5-7-13(12)21-3/h4-7,10-11H,8-9H2,1-3H3,(H,18,19). The molecule has 2 unspecified atom stereocenters. The van der Waals surface area contributed by atoms with Crippen molar-refractivity contribution >= 4 is 17.7 Å². The van der Waals surface area contributed by atoms with Crippen molar-refractivity contribution in [3.63, 3.8) is 0 Å². The average Bonchev–Trinajstić information content (AvgIpc) is 2.87. The molecular weight excluding hydrogens is 272 g/mol. The van der Waals surface area contributed by atoms with Crippen LogP contribution in [0.4, 0.5) is 10.5 Å². The van der Waals surface area contributed by atoms with E-state index in [1.54, 1.807) is 31.2 Å². The topological polar surface area (TPSA) is 70.1 Å². The number of hydrogen-bond donors (Lipinski definition) is 1. The Hall–Kier alpha value is -2.24. The average molecular weight is 292 g/mol. The van der Waals surface area contributed by atoms with Gasteiger partial charge < -0.3 is 14.7 Å². The zero-order chi connectivity index (χ0) is 15.6. The Bertz CT molecular complexity index is 546. The predicted octanol–water partition coefficient (Wildman–Crippen LogP) is 1.90. The fourth-order valence-corrected chi connectivity index (χ4v) is 2.67. The summed E-state index contributed by atoms with van der Waals surface area (Å²) in [6.07, 6.45) is 0. The van der Waals surface area contributed by atoms with Crippen LogP contribution in [0.3, 0.4) is 0 Å². The number of urea groups is 1. The van der Waals surface area contributed by atoms with E-state index in [4.69, 9.17) is 9.84 Å². The van der Waals surface area contributed by atoms with Gasteiger partial charge in [-0.3, -0.25) is 9.69 Å². The number of carbonyl (C=O) groups is 2. The smallest absolute Gasteiger partial charge is 0.324 e. The fraction of sp³-hybridized carbons (Fsp3) is 0.467. The van der Waals surface area contributed by atoms with Crippen molar-refractivity contribution in [2.24, 2.45) is 11.8 Å². The van der Waals surface area contributed by atoms with E-state index >= 15 is 0 Å². The van der Waals surface area contributed by atoms with Gasteiger partial charge in [0.15, 0.2) is 0 Å². The number of hydrogen-bond acceptors (Lipinski definition) is 3. The molecule has 0 saturated carbocycles. The maximum atomic E-state index is 12.5. The summed E-state index contributed by atoms with van der Waals surface area (Å²) >= 11 is 0. The minimum absolute atomic E-state index is 0.0440. The van der Waals surface area contributed by atoms with Crippen molar-refractivity contribution in [2.45, 2.75) is 6.92 Å². The van der Waals surface area contributed by atoms with Crippen LogP contribution in [0.15, 0.2) is 24.3 Å². The predicted molar refractivity (Wildman–Crippen MR) is 78.7 cm³/mol. The highest BCUT2D eigenvalue weighted by Gasteiger charge is 2.38. The molecule has 2 rings (SSSR count). The zero-order valence-electron chi connectivity index (χ0n) is 12.4. The molecular formula is C15H20N2O4. The third-order valence-electron chi connectivity index (χ3n) is 3.93. The highest BCUT2D eigenvalue weighted by Crippen LogP contribution is 2.29. The van der Waals surface area contributed by atoms with Gasteiger partial charge in [-0.2, -0.15) is 0 Å². The van der Waals surface area contributed by atoms with Crippen molar-refractivity contribution < 1.29 is 19.4 Å². The van der Waals surface area contributed by atoms with Crippen LogP contribution >= 0.6 is 0 Å². The van der Waals surface area contributed by atoms with Crippen molar-refractivity contribution in [3.05, 3.63) is 24.3 Å². The maximum absolute atomic E-state index is 12.5. The first-order valence-corrected chi connectivity index (χ1v) is 6.84. The van der Waals surface area contributed by atoms with E-state index in [1.807, 2.05) is 19.1 Å². The van der Waals surface area contributed by atoms with E-state index in [1.165, 1.54) is 4.90 Å². The van der Waals surface area contributed by atoms with Crippen LogP contribution in [-0.2, 0) is 4.79 Å². The number of carboxylic acids is 1. The monoisotopic (exact) mass is 292 g/mol. The molecule has 1 N–H and O–H groups in total. The molecule has 6 nitrogen and oxygen atoms in total. The molecule has 1 aliphatic heterocycles. The first-order valence-electron chi connectivity index (χ1n) is 6.84. The molecule has 1 aromatic carbocycles. The van der Waals surface area contributed by atoms with Crippen LogP contribution in [0.5, 0.6) is 5.75 Å². The molecule has 0 aromatic heterocycles. The number of methoxy groups -OCH3 is 1. The summed E-state index contributed by atoms with van der Waals surface area (Å²) in [5, 5.41) is 9.15. The Balaban J connectivity index is 2.15. The van der Waals surface area contributed by atoms with E-state index in [9.17, 15) is 9.59 Å². The number of benzene rings is 1. The van der Waals surface area contributed by atoms with Crippen LogP contribution in [0.1, 0.15) is 6.92 Å². The summed E-state index contributed by atoms with van der Waals surface area (Å²) in [5.74, 6) is -0.786. The normalized spacial score (nSPS) is 21.2. The molecule has 1 heterocycles. The number of nitrogens with zero attached hydrogens (tertiary/aromatic N) is 2. The summed E-state index contributed by atoms with van der Waals surface area (Å²) in [4.78, 5) is 26.8. The number of amides is 2. The van der Waals surface area contributed by atoms with Crippen LogP contribution in [0.25, 0.3) is 0 Å². The van der Waals surface area contributed by atoms with Gasteiger partial charge in [0.05, 0.1) is 18.7 Å². The van der Waals surface area contributed by atoms with Gasteiger partial charge in [-0.15, -0.1) is 0 Å². The SMILES string of the molecule is COc1ccccc1N(C)C(=O)N1CC(C)C(C(=O)O)C1.